The Morgan fingerprint density at radius 2 is 1.52 bits per heavy atom. The van der Waals surface area contributed by atoms with E-state index in [0.717, 1.165) is 16.7 Å². The van der Waals surface area contributed by atoms with E-state index in [1.807, 2.05) is 48.5 Å². The quantitative estimate of drug-likeness (QED) is 0.435. The summed E-state index contributed by atoms with van der Waals surface area (Å²) in [6.45, 7) is 0.477. The van der Waals surface area contributed by atoms with Gasteiger partial charge in [0.1, 0.15) is 5.84 Å². The second kappa shape index (κ2) is 8.63. The standard InChI is InChI=1S/C19H21N3O3/c20-19(21)16-7-5-15(6-8-16)14-3-1-13(2-4-14)11-12-22-17(23)9-10-18(24)25/h1-8H,9-12H2,(H3,20,21)(H,22,23)(H,24,25). The van der Waals surface area contributed by atoms with Crippen LogP contribution in [0.15, 0.2) is 48.5 Å². The van der Waals surface area contributed by atoms with E-state index >= 15 is 0 Å². The smallest absolute Gasteiger partial charge is 0.303 e. The first-order valence-corrected chi connectivity index (χ1v) is 7.98. The first-order chi connectivity index (χ1) is 12.0. The number of carboxylic acids is 1. The number of carbonyl (C=O) groups excluding carboxylic acids is 1. The molecule has 0 bridgehead atoms. The predicted molar refractivity (Wildman–Crippen MR) is 96.5 cm³/mol. The van der Waals surface area contributed by atoms with Gasteiger partial charge >= 0.3 is 5.97 Å². The molecule has 130 valence electrons. The summed E-state index contributed by atoms with van der Waals surface area (Å²) in [6.07, 6.45) is 0.538. The number of benzene rings is 2. The van der Waals surface area contributed by atoms with Crippen molar-refractivity contribution in [2.45, 2.75) is 19.3 Å². The van der Waals surface area contributed by atoms with Crippen LogP contribution in [-0.2, 0) is 16.0 Å². The van der Waals surface area contributed by atoms with Crippen molar-refractivity contribution in [3.8, 4) is 11.1 Å². The average molecular weight is 339 g/mol. The van der Waals surface area contributed by atoms with E-state index in [2.05, 4.69) is 5.32 Å². The minimum absolute atomic E-state index is 0.00449. The summed E-state index contributed by atoms with van der Waals surface area (Å²) >= 11 is 0. The van der Waals surface area contributed by atoms with Crippen LogP contribution in [0.1, 0.15) is 24.0 Å². The zero-order chi connectivity index (χ0) is 18.2. The minimum Gasteiger partial charge on any atom is -0.481 e. The second-order valence-electron chi connectivity index (χ2n) is 5.68. The number of nitrogens with two attached hydrogens (primary N) is 1. The maximum Gasteiger partial charge on any atom is 0.303 e. The molecule has 0 heterocycles. The van der Waals surface area contributed by atoms with E-state index in [9.17, 15) is 9.59 Å². The van der Waals surface area contributed by atoms with Gasteiger partial charge in [0.2, 0.25) is 5.91 Å². The monoisotopic (exact) mass is 339 g/mol. The van der Waals surface area contributed by atoms with Gasteiger partial charge in [-0.2, -0.15) is 0 Å². The lowest BCUT2D eigenvalue weighted by atomic mass is 10.0. The molecule has 0 fully saturated rings. The fourth-order valence-corrected chi connectivity index (χ4v) is 2.36. The number of nitrogens with one attached hydrogen (secondary N) is 2. The number of amides is 1. The first-order valence-electron chi connectivity index (χ1n) is 7.98. The molecule has 0 saturated heterocycles. The second-order valence-corrected chi connectivity index (χ2v) is 5.68. The summed E-state index contributed by atoms with van der Waals surface area (Å²) in [6, 6.07) is 15.5. The first kappa shape index (κ1) is 18.2. The van der Waals surface area contributed by atoms with Crippen molar-refractivity contribution in [2.24, 2.45) is 5.73 Å². The number of carbonyl (C=O) groups is 2. The van der Waals surface area contributed by atoms with Gasteiger partial charge in [0.05, 0.1) is 6.42 Å². The number of carboxylic acid groups (broad SMARTS) is 1. The van der Waals surface area contributed by atoms with Gasteiger partial charge in [0, 0.05) is 18.5 Å². The molecule has 0 atom stereocenters. The third-order valence-electron chi connectivity index (χ3n) is 3.78. The van der Waals surface area contributed by atoms with Gasteiger partial charge in [0.15, 0.2) is 0 Å². The van der Waals surface area contributed by atoms with Crippen LogP contribution in [0, 0.1) is 5.41 Å². The fraction of sp³-hybridized carbons (Fsp3) is 0.211. The lowest BCUT2D eigenvalue weighted by molar-refractivity contribution is -0.138. The summed E-state index contributed by atoms with van der Waals surface area (Å²) in [7, 11) is 0. The fourth-order valence-electron chi connectivity index (χ4n) is 2.36. The van der Waals surface area contributed by atoms with Crippen LogP contribution in [0.25, 0.3) is 11.1 Å². The van der Waals surface area contributed by atoms with Crippen molar-refractivity contribution in [1.82, 2.24) is 5.32 Å². The SMILES string of the molecule is N=C(N)c1ccc(-c2ccc(CCNC(=O)CCC(=O)O)cc2)cc1. The van der Waals surface area contributed by atoms with Crippen molar-refractivity contribution in [1.29, 1.82) is 5.41 Å². The van der Waals surface area contributed by atoms with Crippen LogP contribution in [0.3, 0.4) is 0 Å². The molecule has 0 aliphatic heterocycles. The molecule has 0 radical (unpaired) electrons. The topological polar surface area (TPSA) is 116 Å². The number of amidine groups is 1. The van der Waals surface area contributed by atoms with E-state index < -0.39 is 5.97 Å². The molecule has 2 aromatic carbocycles. The van der Waals surface area contributed by atoms with Crippen molar-refractivity contribution < 1.29 is 14.7 Å². The van der Waals surface area contributed by atoms with Crippen LogP contribution in [-0.4, -0.2) is 29.4 Å². The van der Waals surface area contributed by atoms with E-state index in [0.29, 0.717) is 18.5 Å². The summed E-state index contributed by atoms with van der Waals surface area (Å²) in [5, 5.41) is 18.6. The van der Waals surface area contributed by atoms with Crippen molar-refractivity contribution >= 4 is 17.7 Å². The van der Waals surface area contributed by atoms with E-state index in [-0.39, 0.29) is 24.6 Å². The zero-order valence-corrected chi connectivity index (χ0v) is 13.8. The van der Waals surface area contributed by atoms with Crippen molar-refractivity contribution in [3.63, 3.8) is 0 Å². The number of rotatable bonds is 8. The molecule has 0 saturated carbocycles. The highest BCUT2D eigenvalue weighted by atomic mass is 16.4. The molecule has 0 unspecified atom stereocenters. The van der Waals surface area contributed by atoms with Gasteiger partial charge in [-0.1, -0.05) is 48.5 Å². The van der Waals surface area contributed by atoms with E-state index in [1.165, 1.54) is 0 Å². The van der Waals surface area contributed by atoms with Gasteiger partial charge in [-0.05, 0) is 23.1 Å². The lowest BCUT2D eigenvalue weighted by Crippen LogP contribution is -2.25. The molecule has 6 heteroatoms. The Morgan fingerprint density at radius 1 is 0.960 bits per heavy atom. The molecule has 0 spiro atoms. The normalized spacial score (nSPS) is 10.2. The summed E-state index contributed by atoms with van der Waals surface area (Å²) in [5.41, 5.74) is 9.33. The molecule has 6 nitrogen and oxygen atoms in total. The Labute approximate surface area is 146 Å². The van der Waals surface area contributed by atoms with Gasteiger partial charge in [-0.3, -0.25) is 15.0 Å². The number of hydrogen-bond donors (Lipinski definition) is 4. The number of aliphatic carboxylic acids is 1. The van der Waals surface area contributed by atoms with Crippen LogP contribution < -0.4 is 11.1 Å². The summed E-state index contributed by atoms with van der Waals surface area (Å²) in [5.74, 6) is -1.17. The predicted octanol–water partition coefficient (Wildman–Crippen LogP) is 2.16. The molecule has 2 aromatic rings. The van der Waals surface area contributed by atoms with Crippen LogP contribution in [0.2, 0.25) is 0 Å². The number of nitrogen functional groups attached to an aromatic ring is 1. The third kappa shape index (κ3) is 5.76. The Hall–Kier alpha value is -3.15. The molecular weight excluding hydrogens is 318 g/mol. The number of hydrogen-bond acceptors (Lipinski definition) is 3. The van der Waals surface area contributed by atoms with E-state index in [1.54, 1.807) is 0 Å². The van der Waals surface area contributed by atoms with Crippen molar-refractivity contribution in [2.75, 3.05) is 6.54 Å². The Bertz CT molecular complexity index is 752. The molecule has 5 N–H and O–H groups in total. The van der Waals surface area contributed by atoms with Gasteiger partial charge in [0.25, 0.3) is 0 Å². The lowest BCUT2D eigenvalue weighted by Gasteiger charge is -2.07. The summed E-state index contributed by atoms with van der Waals surface area (Å²) in [4.78, 5) is 21.9. The molecule has 2 rings (SSSR count). The van der Waals surface area contributed by atoms with Crippen LogP contribution in [0.4, 0.5) is 0 Å². The maximum atomic E-state index is 11.5. The van der Waals surface area contributed by atoms with Gasteiger partial charge in [-0.15, -0.1) is 0 Å². The molecule has 0 aromatic heterocycles. The molecule has 0 aliphatic rings. The Kier molecular flexibility index (Phi) is 6.28. The maximum absolute atomic E-state index is 11.5. The molecular formula is C19H21N3O3. The average Bonchev–Trinajstić information content (AvgIpc) is 2.60. The summed E-state index contributed by atoms with van der Waals surface area (Å²) < 4.78 is 0. The molecule has 0 aliphatic carbocycles. The third-order valence-corrected chi connectivity index (χ3v) is 3.78. The molecule has 1 amide bonds. The largest absolute Gasteiger partial charge is 0.481 e. The molecule has 25 heavy (non-hydrogen) atoms. The zero-order valence-electron chi connectivity index (χ0n) is 13.8. The van der Waals surface area contributed by atoms with E-state index in [4.69, 9.17) is 16.2 Å². The van der Waals surface area contributed by atoms with Crippen molar-refractivity contribution in [3.05, 3.63) is 59.7 Å². The van der Waals surface area contributed by atoms with Gasteiger partial charge in [-0.25, -0.2) is 0 Å². The van der Waals surface area contributed by atoms with Crippen LogP contribution in [0.5, 0.6) is 0 Å². The van der Waals surface area contributed by atoms with Crippen LogP contribution >= 0.6 is 0 Å². The Balaban J connectivity index is 1.86. The van der Waals surface area contributed by atoms with Gasteiger partial charge < -0.3 is 16.2 Å². The minimum atomic E-state index is -0.970. The highest BCUT2D eigenvalue weighted by Crippen LogP contribution is 2.20. The highest BCUT2D eigenvalue weighted by Gasteiger charge is 2.05. The highest BCUT2D eigenvalue weighted by molar-refractivity contribution is 5.95. The Morgan fingerprint density at radius 3 is 2.04 bits per heavy atom.